The van der Waals surface area contributed by atoms with E-state index in [0.29, 0.717) is 12.1 Å². The van der Waals surface area contributed by atoms with E-state index < -0.39 is 0 Å². The maximum atomic E-state index is 12.6. The third-order valence-electron chi connectivity index (χ3n) is 5.29. The molecule has 0 aliphatic carbocycles. The summed E-state index contributed by atoms with van der Waals surface area (Å²) in [7, 11) is 2.07. The van der Waals surface area contributed by atoms with Gasteiger partial charge in [0.2, 0.25) is 5.91 Å². The smallest absolute Gasteiger partial charge is 0.253 e. The molecule has 2 aromatic rings. The predicted molar refractivity (Wildman–Crippen MR) is 116 cm³/mol. The third kappa shape index (κ3) is 4.69. The molecule has 1 aromatic carbocycles. The number of likely N-dealkylation sites (N-methyl/N-ethyl adjacent to an activating group) is 1. The second-order valence-electron chi connectivity index (χ2n) is 7.39. The maximum Gasteiger partial charge on any atom is 0.253 e. The first-order chi connectivity index (χ1) is 14.0. The van der Waals surface area contributed by atoms with Gasteiger partial charge in [-0.1, -0.05) is 23.7 Å². The van der Waals surface area contributed by atoms with Crippen molar-refractivity contribution in [1.29, 1.82) is 0 Å². The summed E-state index contributed by atoms with van der Waals surface area (Å²) in [4.78, 5) is 30.4. The summed E-state index contributed by atoms with van der Waals surface area (Å²) in [6.45, 7) is 3.88. The molecule has 0 radical (unpaired) electrons. The zero-order valence-electron chi connectivity index (χ0n) is 16.3. The Morgan fingerprint density at radius 3 is 2.41 bits per heavy atom. The summed E-state index contributed by atoms with van der Waals surface area (Å²) in [5, 5.41) is 6.00. The number of hydrogen-bond acceptors (Lipinski definition) is 5. The van der Waals surface area contributed by atoms with Crippen molar-refractivity contribution < 1.29 is 9.59 Å². The summed E-state index contributed by atoms with van der Waals surface area (Å²) < 4.78 is 0.721. The van der Waals surface area contributed by atoms with Gasteiger partial charge in [-0.15, -0.1) is 11.3 Å². The average Bonchev–Trinajstić information content (AvgIpc) is 3.38. The second-order valence-corrected chi connectivity index (χ2v) is 9.10. The second kappa shape index (κ2) is 8.65. The van der Waals surface area contributed by atoms with Crippen molar-refractivity contribution in [3.8, 4) is 0 Å². The highest BCUT2D eigenvalue weighted by Crippen LogP contribution is 2.25. The summed E-state index contributed by atoms with van der Waals surface area (Å²) in [6.07, 6.45) is 1.01. The van der Waals surface area contributed by atoms with Gasteiger partial charge >= 0.3 is 0 Å². The number of carbonyl (C=O) groups excluding carboxylic acids is 2. The van der Waals surface area contributed by atoms with Crippen LogP contribution in [0.1, 0.15) is 27.2 Å². The largest absolute Gasteiger partial charge is 0.336 e. The number of hydrogen-bond donors (Lipinski definition) is 0. The number of piperazine rings is 1. The maximum absolute atomic E-state index is 12.6. The molecule has 4 rings (SSSR count). The van der Waals surface area contributed by atoms with Gasteiger partial charge in [-0.25, -0.2) is 5.01 Å². The van der Waals surface area contributed by atoms with Crippen LogP contribution < -0.4 is 0 Å². The van der Waals surface area contributed by atoms with Crippen LogP contribution in [0.3, 0.4) is 0 Å². The van der Waals surface area contributed by atoms with E-state index in [-0.39, 0.29) is 18.2 Å². The first-order valence-electron chi connectivity index (χ1n) is 9.70. The van der Waals surface area contributed by atoms with Gasteiger partial charge in [0, 0.05) is 38.2 Å². The Morgan fingerprint density at radius 2 is 1.76 bits per heavy atom. The molecule has 0 atom stereocenters. The molecule has 2 aliphatic rings. The van der Waals surface area contributed by atoms with Crippen LogP contribution in [0.15, 0.2) is 41.5 Å². The lowest BCUT2D eigenvalue weighted by atomic mass is 10.1. The van der Waals surface area contributed by atoms with Gasteiger partial charge in [-0.3, -0.25) is 9.59 Å². The third-order valence-corrected chi connectivity index (χ3v) is 6.57. The number of carbonyl (C=O) groups is 2. The van der Waals surface area contributed by atoms with Crippen LogP contribution in [0, 0.1) is 0 Å². The van der Waals surface area contributed by atoms with E-state index in [1.54, 1.807) is 0 Å². The number of hydrazone groups is 1. The molecule has 1 saturated heterocycles. The van der Waals surface area contributed by atoms with Crippen molar-refractivity contribution in [1.82, 2.24) is 14.8 Å². The van der Waals surface area contributed by atoms with E-state index in [2.05, 4.69) is 17.0 Å². The molecule has 152 valence electrons. The fourth-order valence-corrected chi connectivity index (χ4v) is 4.56. The van der Waals surface area contributed by atoms with Gasteiger partial charge < -0.3 is 9.80 Å². The number of thiophene rings is 1. The van der Waals surface area contributed by atoms with Crippen molar-refractivity contribution in [2.75, 3.05) is 39.8 Å². The van der Waals surface area contributed by atoms with Gasteiger partial charge in [0.25, 0.3) is 5.91 Å². The highest BCUT2D eigenvalue weighted by atomic mass is 35.5. The predicted octanol–water partition coefficient (Wildman–Crippen LogP) is 2.97. The van der Waals surface area contributed by atoms with Crippen LogP contribution >= 0.6 is 22.9 Å². The van der Waals surface area contributed by atoms with Crippen LogP contribution in [0.2, 0.25) is 4.34 Å². The SMILES string of the molecule is CN1CCN(C(=O)c2ccc(CC(=O)N3CCC(c4ccc(Cl)s4)=N3)cc2)CC1. The van der Waals surface area contributed by atoms with Crippen LogP contribution in [-0.2, 0) is 11.2 Å². The molecule has 2 amide bonds. The van der Waals surface area contributed by atoms with E-state index in [4.69, 9.17) is 11.6 Å². The van der Waals surface area contributed by atoms with E-state index in [9.17, 15) is 9.59 Å². The topological polar surface area (TPSA) is 56.2 Å². The van der Waals surface area contributed by atoms with Gasteiger partial charge in [0.1, 0.15) is 0 Å². The Morgan fingerprint density at radius 1 is 1.03 bits per heavy atom. The molecular formula is C21H23ClN4O2S. The average molecular weight is 431 g/mol. The number of halogens is 1. The monoisotopic (exact) mass is 430 g/mol. The molecule has 8 heteroatoms. The van der Waals surface area contributed by atoms with E-state index in [1.807, 2.05) is 41.3 Å². The molecule has 6 nitrogen and oxygen atoms in total. The highest BCUT2D eigenvalue weighted by Gasteiger charge is 2.23. The van der Waals surface area contributed by atoms with Crippen LogP contribution in [-0.4, -0.2) is 72.1 Å². The molecule has 0 saturated carbocycles. The molecule has 2 aliphatic heterocycles. The van der Waals surface area contributed by atoms with Gasteiger partial charge in [-0.05, 0) is 36.9 Å². The van der Waals surface area contributed by atoms with Crippen molar-refractivity contribution >= 4 is 40.5 Å². The summed E-state index contributed by atoms with van der Waals surface area (Å²) in [6, 6.07) is 11.1. The summed E-state index contributed by atoms with van der Waals surface area (Å²) >= 11 is 7.47. The Hall–Kier alpha value is -2.22. The molecular weight excluding hydrogens is 408 g/mol. The lowest BCUT2D eigenvalue weighted by Crippen LogP contribution is -2.47. The Labute approximate surface area is 179 Å². The number of rotatable bonds is 4. The first-order valence-corrected chi connectivity index (χ1v) is 10.9. The molecule has 29 heavy (non-hydrogen) atoms. The lowest BCUT2D eigenvalue weighted by molar-refractivity contribution is -0.130. The lowest BCUT2D eigenvalue weighted by Gasteiger charge is -2.32. The van der Waals surface area contributed by atoms with E-state index >= 15 is 0 Å². The molecule has 1 fully saturated rings. The Bertz CT molecular complexity index is 932. The zero-order valence-corrected chi connectivity index (χ0v) is 17.9. The first kappa shape index (κ1) is 20.1. The zero-order chi connectivity index (χ0) is 20.4. The molecule has 0 unspecified atom stereocenters. The van der Waals surface area contributed by atoms with Gasteiger partial charge in [-0.2, -0.15) is 5.10 Å². The van der Waals surface area contributed by atoms with Crippen molar-refractivity contribution in [3.05, 3.63) is 56.7 Å². The molecule has 1 aromatic heterocycles. The van der Waals surface area contributed by atoms with Crippen molar-refractivity contribution in [3.63, 3.8) is 0 Å². The van der Waals surface area contributed by atoms with Gasteiger partial charge in [0.15, 0.2) is 0 Å². The number of benzene rings is 1. The van der Waals surface area contributed by atoms with Crippen molar-refractivity contribution in [2.24, 2.45) is 5.10 Å². The fraction of sp³-hybridized carbons (Fsp3) is 0.381. The quantitative estimate of drug-likeness (QED) is 0.749. The minimum Gasteiger partial charge on any atom is -0.336 e. The van der Waals surface area contributed by atoms with E-state index in [0.717, 1.165) is 53.1 Å². The van der Waals surface area contributed by atoms with Crippen molar-refractivity contribution in [2.45, 2.75) is 12.8 Å². The number of nitrogens with zero attached hydrogens (tertiary/aromatic N) is 4. The minimum absolute atomic E-state index is 0.0409. The number of amides is 2. The molecule has 0 bridgehead atoms. The van der Waals surface area contributed by atoms with Crippen LogP contribution in [0.4, 0.5) is 0 Å². The molecule has 0 N–H and O–H groups in total. The minimum atomic E-state index is -0.0409. The highest BCUT2D eigenvalue weighted by molar-refractivity contribution is 7.18. The standard InChI is InChI=1S/C21H23ClN4O2S/c1-24-10-12-25(13-11-24)21(28)16-4-2-15(3-5-16)14-20(27)26-9-8-17(23-26)18-6-7-19(22)29-18/h2-7H,8-14H2,1H3. The molecule has 3 heterocycles. The summed E-state index contributed by atoms with van der Waals surface area (Å²) in [5.41, 5.74) is 2.46. The Balaban J connectivity index is 1.36. The summed E-state index contributed by atoms with van der Waals surface area (Å²) in [5.74, 6) is 0.0140. The van der Waals surface area contributed by atoms with Crippen LogP contribution in [0.25, 0.3) is 0 Å². The van der Waals surface area contributed by atoms with Gasteiger partial charge in [0.05, 0.1) is 27.9 Å². The Kier molecular flexibility index (Phi) is 5.99. The van der Waals surface area contributed by atoms with Crippen LogP contribution in [0.5, 0.6) is 0 Å². The molecule has 0 spiro atoms. The van der Waals surface area contributed by atoms with E-state index in [1.165, 1.54) is 16.3 Å². The normalized spacial score (nSPS) is 17.5. The fourth-order valence-electron chi connectivity index (χ4n) is 3.50.